The predicted molar refractivity (Wildman–Crippen MR) is 41.2 cm³/mol. The summed E-state index contributed by atoms with van der Waals surface area (Å²) in [6, 6.07) is 0. The van der Waals surface area contributed by atoms with Crippen molar-refractivity contribution < 1.29 is 4.79 Å². The quantitative estimate of drug-likeness (QED) is 0.347. The molecule has 0 aliphatic carbocycles. The first-order valence-electron chi connectivity index (χ1n) is 2.65. The molecule has 0 heterocycles. The number of hydrogen-bond donors (Lipinski definition) is 1. The monoisotopic (exact) mass is 144 g/mol. The second kappa shape index (κ2) is 7.56. The Labute approximate surface area is 59.7 Å². The maximum absolute atomic E-state index is 9.56. The van der Waals surface area contributed by atoms with Gasteiger partial charge in [0.15, 0.2) is 0 Å². The normalized spacial score (nSPS) is 9.89. The second-order valence-electron chi connectivity index (χ2n) is 1.41. The van der Waals surface area contributed by atoms with Crippen molar-refractivity contribution in [2.24, 2.45) is 0 Å². The molecule has 0 unspecified atom stereocenters. The SMILES string of the molecule is CSC/C=C/CN[C]=O. The van der Waals surface area contributed by atoms with E-state index in [-0.39, 0.29) is 0 Å². The summed E-state index contributed by atoms with van der Waals surface area (Å²) in [5.74, 6) is 1.00. The lowest BCUT2D eigenvalue weighted by atomic mass is 10.5. The van der Waals surface area contributed by atoms with Crippen LogP contribution in [0.15, 0.2) is 12.2 Å². The molecule has 0 rings (SSSR count). The summed E-state index contributed by atoms with van der Waals surface area (Å²) in [5.41, 5.74) is 0. The third-order valence-electron chi connectivity index (χ3n) is 0.722. The lowest BCUT2D eigenvalue weighted by Gasteiger charge is -1.86. The number of rotatable bonds is 5. The molecule has 0 spiro atoms. The Balaban J connectivity index is 2.94. The van der Waals surface area contributed by atoms with Gasteiger partial charge in [0.2, 0.25) is 0 Å². The molecule has 0 saturated carbocycles. The Morgan fingerprint density at radius 1 is 1.67 bits per heavy atom. The zero-order valence-corrected chi connectivity index (χ0v) is 6.20. The molecule has 0 aliphatic rings. The van der Waals surface area contributed by atoms with E-state index in [1.807, 2.05) is 18.4 Å². The number of nitrogens with one attached hydrogen (secondary N) is 1. The highest BCUT2D eigenvalue weighted by molar-refractivity contribution is 7.98. The first-order valence-corrected chi connectivity index (χ1v) is 4.05. The second-order valence-corrected chi connectivity index (χ2v) is 2.32. The fraction of sp³-hybridized carbons (Fsp3) is 0.500. The minimum absolute atomic E-state index is 0.587. The summed E-state index contributed by atoms with van der Waals surface area (Å²) in [5, 5.41) is 2.41. The van der Waals surface area contributed by atoms with Gasteiger partial charge in [0, 0.05) is 12.3 Å². The van der Waals surface area contributed by atoms with E-state index in [0.717, 1.165) is 5.75 Å². The molecule has 0 aromatic heterocycles. The maximum Gasteiger partial charge on any atom is 0.309 e. The van der Waals surface area contributed by atoms with E-state index in [2.05, 4.69) is 5.32 Å². The maximum atomic E-state index is 9.56. The van der Waals surface area contributed by atoms with E-state index in [1.54, 1.807) is 18.2 Å². The van der Waals surface area contributed by atoms with E-state index in [4.69, 9.17) is 0 Å². The van der Waals surface area contributed by atoms with E-state index in [0.29, 0.717) is 6.54 Å². The number of carbonyl (C=O) groups excluding carboxylic acids is 1. The topological polar surface area (TPSA) is 29.1 Å². The van der Waals surface area contributed by atoms with Crippen molar-refractivity contribution in [1.82, 2.24) is 5.32 Å². The average Bonchev–Trinajstić information content (AvgIpc) is 1.89. The zero-order valence-electron chi connectivity index (χ0n) is 5.39. The van der Waals surface area contributed by atoms with Crippen molar-refractivity contribution >= 4 is 18.2 Å². The van der Waals surface area contributed by atoms with Crippen LogP contribution in [0, 0.1) is 0 Å². The third kappa shape index (κ3) is 7.56. The van der Waals surface area contributed by atoms with Crippen molar-refractivity contribution in [3.05, 3.63) is 12.2 Å². The fourth-order valence-corrected chi connectivity index (χ4v) is 0.677. The zero-order chi connectivity index (χ0) is 6.95. The largest absolute Gasteiger partial charge is 0.344 e. The van der Waals surface area contributed by atoms with Gasteiger partial charge in [-0.3, -0.25) is 4.79 Å². The fourth-order valence-electron chi connectivity index (χ4n) is 0.348. The highest BCUT2D eigenvalue weighted by Gasteiger charge is 1.73. The molecule has 1 N–H and O–H groups in total. The summed E-state index contributed by atoms with van der Waals surface area (Å²) in [6.07, 6.45) is 7.53. The highest BCUT2D eigenvalue weighted by Crippen LogP contribution is 1.89. The minimum atomic E-state index is 0.587. The van der Waals surface area contributed by atoms with Crippen molar-refractivity contribution in [3.63, 3.8) is 0 Å². The van der Waals surface area contributed by atoms with Crippen LogP contribution in [0.4, 0.5) is 0 Å². The Morgan fingerprint density at radius 2 is 2.44 bits per heavy atom. The van der Waals surface area contributed by atoms with Gasteiger partial charge in [-0.05, 0) is 6.26 Å². The van der Waals surface area contributed by atoms with Gasteiger partial charge in [0.25, 0.3) is 0 Å². The van der Waals surface area contributed by atoms with Crippen LogP contribution in [0.3, 0.4) is 0 Å². The lowest BCUT2D eigenvalue weighted by molar-refractivity contribution is 0.546. The molecule has 0 bridgehead atoms. The average molecular weight is 144 g/mol. The lowest BCUT2D eigenvalue weighted by Crippen LogP contribution is -2.09. The van der Waals surface area contributed by atoms with E-state index < -0.39 is 0 Å². The Kier molecular flexibility index (Phi) is 7.19. The molecule has 0 aromatic carbocycles. The predicted octanol–water partition coefficient (Wildman–Crippen LogP) is 0.562. The molecular formula is C6H10NOS. The smallest absolute Gasteiger partial charge is 0.309 e. The third-order valence-corrected chi connectivity index (χ3v) is 1.25. The molecule has 2 nitrogen and oxygen atoms in total. The molecule has 51 valence electrons. The van der Waals surface area contributed by atoms with Crippen LogP contribution in [0.5, 0.6) is 0 Å². The van der Waals surface area contributed by atoms with Crippen LogP contribution in [0.2, 0.25) is 0 Å². The Hall–Kier alpha value is -0.440. The van der Waals surface area contributed by atoms with Gasteiger partial charge in [0.1, 0.15) is 0 Å². The molecule has 0 fully saturated rings. The Morgan fingerprint density at radius 3 is 3.00 bits per heavy atom. The van der Waals surface area contributed by atoms with Crippen LogP contribution in [0.1, 0.15) is 0 Å². The molecule has 0 atom stereocenters. The van der Waals surface area contributed by atoms with Crippen molar-refractivity contribution in [1.29, 1.82) is 0 Å². The summed E-state index contributed by atoms with van der Waals surface area (Å²) in [6.45, 7) is 0.587. The van der Waals surface area contributed by atoms with Crippen LogP contribution in [0.25, 0.3) is 0 Å². The first-order chi connectivity index (χ1) is 4.41. The van der Waals surface area contributed by atoms with Crippen molar-refractivity contribution in [2.45, 2.75) is 0 Å². The van der Waals surface area contributed by atoms with Crippen LogP contribution >= 0.6 is 11.8 Å². The van der Waals surface area contributed by atoms with E-state index >= 15 is 0 Å². The number of hydrogen-bond acceptors (Lipinski definition) is 2. The molecule has 3 heteroatoms. The molecule has 0 saturated heterocycles. The Bertz CT molecular complexity index is 93.1. The standard InChI is InChI=1S/C6H10NOS/c1-9-5-3-2-4-7-6-8/h2-3H,4-5H2,1H3,(H,7,8)/b3-2+. The van der Waals surface area contributed by atoms with Gasteiger partial charge in [-0.1, -0.05) is 12.2 Å². The first kappa shape index (κ1) is 8.56. The summed E-state index contributed by atoms with van der Waals surface area (Å²) in [4.78, 5) is 9.56. The molecule has 1 amide bonds. The van der Waals surface area contributed by atoms with Gasteiger partial charge < -0.3 is 5.32 Å². The van der Waals surface area contributed by atoms with Gasteiger partial charge in [-0.25, -0.2) is 0 Å². The van der Waals surface area contributed by atoms with Gasteiger partial charge in [-0.15, -0.1) is 0 Å². The van der Waals surface area contributed by atoms with Crippen LogP contribution < -0.4 is 5.32 Å². The summed E-state index contributed by atoms with van der Waals surface area (Å²) >= 11 is 1.75. The molecular weight excluding hydrogens is 134 g/mol. The molecule has 9 heavy (non-hydrogen) atoms. The van der Waals surface area contributed by atoms with Crippen LogP contribution in [-0.2, 0) is 4.79 Å². The summed E-state index contributed by atoms with van der Waals surface area (Å²) < 4.78 is 0. The molecule has 0 aliphatic heterocycles. The van der Waals surface area contributed by atoms with Crippen LogP contribution in [-0.4, -0.2) is 25.0 Å². The van der Waals surface area contributed by atoms with Gasteiger partial charge in [0.05, 0.1) is 0 Å². The van der Waals surface area contributed by atoms with Gasteiger partial charge >= 0.3 is 6.41 Å². The van der Waals surface area contributed by atoms with Crippen molar-refractivity contribution in [2.75, 3.05) is 18.6 Å². The van der Waals surface area contributed by atoms with Gasteiger partial charge in [-0.2, -0.15) is 11.8 Å². The van der Waals surface area contributed by atoms with E-state index in [1.165, 1.54) is 0 Å². The highest BCUT2D eigenvalue weighted by atomic mass is 32.2. The molecule has 1 radical (unpaired) electrons. The summed E-state index contributed by atoms with van der Waals surface area (Å²) in [7, 11) is 0. The van der Waals surface area contributed by atoms with E-state index in [9.17, 15) is 4.79 Å². The number of amides is 1. The molecule has 0 aromatic rings. The minimum Gasteiger partial charge on any atom is -0.344 e. The van der Waals surface area contributed by atoms with Crippen molar-refractivity contribution in [3.8, 4) is 0 Å². The number of thioether (sulfide) groups is 1.